The first-order valence-electron chi connectivity index (χ1n) is 8.95. The standard InChI is InChI=1S/C18H19N7O2/c19-7-5-14(11-3-1-2-4-11)22-18(27)25-10-12(9-21-25)13-6-8-20-16-15(13)23-17(26)24-16/h6,8-11,14H,1-5H2,(H,22,27)(H2,20,23,24,26). The van der Waals surface area contributed by atoms with Crippen molar-refractivity contribution in [3.8, 4) is 17.2 Å². The lowest BCUT2D eigenvalue weighted by molar-refractivity contribution is 0.230. The molecule has 0 saturated heterocycles. The van der Waals surface area contributed by atoms with Gasteiger partial charge in [-0.3, -0.25) is 4.98 Å². The summed E-state index contributed by atoms with van der Waals surface area (Å²) in [7, 11) is 0. The topological polar surface area (TPSA) is 132 Å². The summed E-state index contributed by atoms with van der Waals surface area (Å²) in [5.41, 5.74) is 2.08. The molecule has 3 aromatic rings. The molecule has 9 nitrogen and oxygen atoms in total. The molecule has 1 aliphatic rings. The van der Waals surface area contributed by atoms with Gasteiger partial charge in [-0.25, -0.2) is 14.6 Å². The second-order valence-corrected chi connectivity index (χ2v) is 6.80. The van der Waals surface area contributed by atoms with Crippen molar-refractivity contribution in [1.82, 2.24) is 30.0 Å². The van der Waals surface area contributed by atoms with Crippen LogP contribution in [0.3, 0.4) is 0 Å². The number of amides is 1. The van der Waals surface area contributed by atoms with Crippen molar-refractivity contribution in [1.29, 1.82) is 5.26 Å². The molecule has 1 unspecified atom stereocenters. The molecular weight excluding hydrogens is 346 g/mol. The van der Waals surface area contributed by atoms with Crippen molar-refractivity contribution in [3.05, 3.63) is 35.1 Å². The summed E-state index contributed by atoms with van der Waals surface area (Å²) >= 11 is 0. The van der Waals surface area contributed by atoms with E-state index in [1.807, 2.05) is 0 Å². The number of imidazole rings is 1. The van der Waals surface area contributed by atoms with Gasteiger partial charge in [0, 0.05) is 29.6 Å². The number of hydrogen-bond acceptors (Lipinski definition) is 5. The molecule has 0 spiro atoms. The highest BCUT2D eigenvalue weighted by atomic mass is 16.2. The van der Waals surface area contributed by atoms with Gasteiger partial charge in [-0.05, 0) is 24.8 Å². The van der Waals surface area contributed by atoms with E-state index < -0.39 is 0 Å². The van der Waals surface area contributed by atoms with E-state index in [9.17, 15) is 9.59 Å². The van der Waals surface area contributed by atoms with Crippen LogP contribution in [0.1, 0.15) is 32.1 Å². The van der Waals surface area contributed by atoms with E-state index >= 15 is 0 Å². The van der Waals surface area contributed by atoms with Crippen molar-refractivity contribution in [2.45, 2.75) is 38.1 Å². The van der Waals surface area contributed by atoms with Gasteiger partial charge in [0.1, 0.15) is 0 Å². The number of carbonyl (C=O) groups is 1. The van der Waals surface area contributed by atoms with Gasteiger partial charge < -0.3 is 10.3 Å². The monoisotopic (exact) mass is 365 g/mol. The molecule has 0 radical (unpaired) electrons. The quantitative estimate of drug-likeness (QED) is 0.651. The van der Waals surface area contributed by atoms with Crippen LogP contribution in [0.15, 0.2) is 29.5 Å². The van der Waals surface area contributed by atoms with Gasteiger partial charge in [0.15, 0.2) is 5.65 Å². The van der Waals surface area contributed by atoms with E-state index in [0.717, 1.165) is 31.2 Å². The first kappa shape index (κ1) is 17.0. The number of pyridine rings is 1. The van der Waals surface area contributed by atoms with Gasteiger partial charge in [-0.15, -0.1) is 0 Å². The van der Waals surface area contributed by atoms with Crippen LogP contribution >= 0.6 is 0 Å². The van der Waals surface area contributed by atoms with Crippen LogP contribution in [0.2, 0.25) is 0 Å². The first-order chi connectivity index (χ1) is 13.2. The van der Waals surface area contributed by atoms with Gasteiger partial charge in [-0.1, -0.05) is 12.8 Å². The fourth-order valence-corrected chi connectivity index (χ4v) is 3.77. The van der Waals surface area contributed by atoms with E-state index in [1.165, 1.54) is 4.68 Å². The van der Waals surface area contributed by atoms with Crippen LogP contribution in [-0.2, 0) is 0 Å². The van der Waals surface area contributed by atoms with E-state index in [4.69, 9.17) is 5.26 Å². The Balaban J connectivity index is 1.57. The zero-order valence-electron chi connectivity index (χ0n) is 14.6. The SMILES string of the molecule is N#CCC(NC(=O)n1cc(-c2ccnc3[nH]c(=O)[nH]c23)cn1)C1CCCC1. The smallest absolute Gasteiger partial charge is 0.332 e. The molecule has 3 N–H and O–H groups in total. The van der Waals surface area contributed by atoms with Crippen LogP contribution in [0.5, 0.6) is 0 Å². The number of nitrogens with zero attached hydrogens (tertiary/aromatic N) is 4. The third-order valence-corrected chi connectivity index (χ3v) is 5.11. The molecule has 4 rings (SSSR count). The van der Waals surface area contributed by atoms with E-state index in [2.05, 4.69) is 31.4 Å². The Hall–Kier alpha value is -3.41. The minimum Gasteiger partial charge on any atom is -0.332 e. The summed E-state index contributed by atoms with van der Waals surface area (Å²) < 4.78 is 1.23. The number of carbonyl (C=O) groups excluding carboxylic acids is 1. The van der Waals surface area contributed by atoms with Crippen LogP contribution in [0.4, 0.5) is 4.79 Å². The predicted octanol–water partition coefficient (Wildman–Crippen LogP) is 2.14. The fraction of sp³-hybridized carbons (Fsp3) is 0.389. The number of hydrogen-bond donors (Lipinski definition) is 3. The highest BCUT2D eigenvalue weighted by Gasteiger charge is 2.27. The zero-order chi connectivity index (χ0) is 18.8. The zero-order valence-corrected chi connectivity index (χ0v) is 14.6. The maximum absolute atomic E-state index is 12.6. The molecule has 1 amide bonds. The minimum atomic E-state index is -0.360. The minimum absolute atomic E-state index is 0.161. The van der Waals surface area contributed by atoms with Crippen molar-refractivity contribution in [3.63, 3.8) is 0 Å². The van der Waals surface area contributed by atoms with Gasteiger partial charge >= 0.3 is 11.7 Å². The maximum atomic E-state index is 12.6. The van der Waals surface area contributed by atoms with Gasteiger partial charge in [0.2, 0.25) is 0 Å². The summed E-state index contributed by atoms with van der Waals surface area (Å²) in [5.74, 6) is 0.341. The fourth-order valence-electron chi connectivity index (χ4n) is 3.77. The van der Waals surface area contributed by atoms with Crippen LogP contribution in [0.25, 0.3) is 22.3 Å². The molecule has 0 aromatic carbocycles. The molecule has 0 bridgehead atoms. The molecule has 27 heavy (non-hydrogen) atoms. The highest BCUT2D eigenvalue weighted by Crippen LogP contribution is 2.29. The van der Waals surface area contributed by atoms with Crippen molar-refractivity contribution >= 4 is 17.2 Å². The molecule has 138 valence electrons. The van der Waals surface area contributed by atoms with E-state index in [0.29, 0.717) is 29.1 Å². The third-order valence-electron chi connectivity index (χ3n) is 5.11. The lowest BCUT2D eigenvalue weighted by atomic mass is 9.96. The van der Waals surface area contributed by atoms with Crippen molar-refractivity contribution in [2.24, 2.45) is 5.92 Å². The Bertz CT molecular complexity index is 1070. The number of aromatic nitrogens is 5. The molecule has 0 aliphatic heterocycles. The normalized spacial score (nSPS) is 15.7. The number of nitriles is 1. The van der Waals surface area contributed by atoms with Crippen molar-refractivity contribution in [2.75, 3.05) is 0 Å². The summed E-state index contributed by atoms with van der Waals surface area (Å²) in [5, 5.41) is 16.2. The van der Waals surface area contributed by atoms with Gasteiger partial charge in [0.25, 0.3) is 0 Å². The van der Waals surface area contributed by atoms with Gasteiger partial charge in [0.05, 0.1) is 24.2 Å². The maximum Gasteiger partial charge on any atom is 0.342 e. The summed E-state index contributed by atoms with van der Waals surface area (Å²) in [4.78, 5) is 33.6. The Morgan fingerprint density at radius 2 is 2.22 bits per heavy atom. The summed E-state index contributed by atoms with van der Waals surface area (Å²) in [6.07, 6.45) is 9.40. The van der Waals surface area contributed by atoms with Gasteiger partial charge in [-0.2, -0.15) is 15.0 Å². The van der Waals surface area contributed by atoms with Crippen LogP contribution in [-0.4, -0.2) is 36.8 Å². The average Bonchev–Trinajstić information content (AvgIpc) is 3.40. The number of H-pyrrole nitrogens is 2. The predicted molar refractivity (Wildman–Crippen MR) is 97.8 cm³/mol. The summed E-state index contributed by atoms with van der Waals surface area (Å²) in [6, 6.07) is 3.40. The molecule has 3 aromatic heterocycles. The second-order valence-electron chi connectivity index (χ2n) is 6.80. The lowest BCUT2D eigenvalue weighted by Crippen LogP contribution is -2.41. The van der Waals surface area contributed by atoms with Crippen LogP contribution < -0.4 is 11.0 Å². The summed E-state index contributed by atoms with van der Waals surface area (Å²) in [6.45, 7) is 0. The molecule has 1 atom stereocenters. The number of fused-ring (bicyclic) bond motifs is 1. The molecule has 1 fully saturated rings. The largest absolute Gasteiger partial charge is 0.342 e. The number of aromatic amines is 2. The Kier molecular flexibility index (Phi) is 4.46. The van der Waals surface area contributed by atoms with E-state index in [1.54, 1.807) is 24.7 Å². The molecule has 1 saturated carbocycles. The van der Waals surface area contributed by atoms with Crippen LogP contribution in [0, 0.1) is 17.2 Å². The van der Waals surface area contributed by atoms with Crippen molar-refractivity contribution < 1.29 is 4.79 Å². The Morgan fingerprint density at radius 1 is 1.41 bits per heavy atom. The Labute approximate surface area is 154 Å². The Morgan fingerprint density at radius 3 is 3.00 bits per heavy atom. The molecule has 1 aliphatic carbocycles. The number of rotatable bonds is 4. The molecule has 3 heterocycles. The highest BCUT2D eigenvalue weighted by molar-refractivity contribution is 5.89. The number of nitrogens with one attached hydrogen (secondary N) is 3. The molecular formula is C18H19N7O2. The average molecular weight is 365 g/mol. The van der Waals surface area contributed by atoms with E-state index in [-0.39, 0.29) is 17.8 Å². The molecule has 9 heteroatoms. The third kappa shape index (κ3) is 3.33. The first-order valence-corrected chi connectivity index (χ1v) is 8.95. The second kappa shape index (κ2) is 7.07. The lowest BCUT2D eigenvalue weighted by Gasteiger charge is -2.21.